The maximum atomic E-state index is 9.35. The molecule has 1 atom stereocenters. The molecule has 4 rings (SSSR count). The fourth-order valence-electron chi connectivity index (χ4n) is 3.36. The second-order valence-corrected chi connectivity index (χ2v) is 6.46. The lowest BCUT2D eigenvalue weighted by molar-refractivity contribution is 0.0396. The summed E-state index contributed by atoms with van der Waals surface area (Å²) in [5.74, 6) is 1.75. The topological polar surface area (TPSA) is 54.8 Å². The number of morpholine rings is 1. The van der Waals surface area contributed by atoms with Crippen LogP contribution >= 0.6 is 0 Å². The zero-order valence-electron chi connectivity index (χ0n) is 14.8. The van der Waals surface area contributed by atoms with Gasteiger partial charge in [0.1, 0.15) is 17.7 Å². The van der Waals surface area contributed by atoms with Crippen molar-refractivity contribution in [2.45, 2.75) is 12.7 Å². The van der Waals surface area contributed by atoms with Crippen LogP contribution in [0.15, 0.2) is 54.7 Å². The molecule has 1 N–H and O–H groups in total. The summed E-state index contributed by atoms with van der Waals surface area (Å²) in [6.07, 6.45) is 1.74. The third kappa shape index (κ3) is 3.36. The molecule has 2 heterocycles. The third-order valence-electron chi connectivity index (χ3n) is 4.83. The Morgan fingerprint density at radius 1 is 1.15 bits per heavy atom. The standard InChI is InChI=1S/C21H22N2O3/c1-25-19-5-4-16-11-18(3-2-17(16)12-19)20-13-23(8-9-26-20)21-10-15(14-24)6-7-22-21/h2-7,10-12,20,24H,8-9,13-14H2,1H3/t20-/m1/s1. The Bertz CT molecular complexity index is 913. The van der Waals surface area contributed by atoms with Crippen LogP contribution in [-0.4, -0.2) is 36.9 Å². The largest absolute Gasteiger partial charge is 0.497 e. The maximum Gasteiger partial charge on any atom is 0.129 e. The quantitative estimate of drug-likeness (QED) is 0.782. The van der Waals surface area contributed by atoms with Gasteiger partial charge in [0.25, 0.3) is 0 Å². The molecular weight excluding hydrogens is 328 g/mol. The molecule has 26 heavy (non-hydrogen) atoms. The van der Waals surface area contributed by atoms with E-state index in [2.05, 4.69) is 34.1 Å². The summed E-state index contributed by atoms with van der Waals surface area (Å²) in [4.78, 5) is 6.67. The lowest BCUT2D eigenvalue weighted by Gasteiger charge is -2.34. The molecule has 1 aliphatic rings. The molecule has 2 aromatic carbocycles. The molecule has 5 heteroatoms. The van der Waals surface area contributed by atoms with Crippen LogP contribution in [0.3, 0.4) is 0 Å². The van der Waals surface area contributed by atoms with Crippen LogP contribution in [0, 0.1) is 0 Å². The Morgan fingerprint density at radius 3 is 2.85 bits per heavy atom. The first kappa shape index (κ1) is 16.8. The number of aromatic nitrogens is 1. The number of nitrogens with zero attached hydrogens (tertiary/aromatic N) is 2. The summed E-state index contributed by atoms with van der Waals surface area (Å²) < 4.78 is 11.3. The Hall–Kier alpha value is -2.63. The highest BCUT2D eigenvalue weighted by atomic mass is 16.5. The van der Waals surface area contributed by atoms with Gasteiger partial charge in [0.15, 0.2) is 0 Å². The first-order valence-corrected chi connectivity index (χ1v) is 8.77. The number of ether oxygens (including phenoxy) is 2. The summed E-state index contributed by atoms with van der Waals surface area (Å²) in [7, 11) is 1.68. The maximum absolute atomic E-state index is 9.35. The second kappa shape index (κ2) is 7.32. The van der Waals surface area contributed by atoms with Gasteiger partial charge >= 0.3 is 0 Å². The van der Waals surface area contributed by atoms with Crippen molar-refractivity contribution in [3.8, 4) is 5.75 Å². The van der Waals surface area contributed by atoms with Gasteiger partial charge in [-0.1, -0.05) is 18.2 Å². The molecule has 3 aromatic rings. The number of benzene rings is 2. The molecule has 1 fully saturated rings. The summed E-state index contributed by atoms with van der Waals surface area (Å²) in [6.45, 7) is 2.21. The lowest BCUT2D eigenvalue weighted by atomic mass is 10.0. The Kier molecular flexibility index (Phi) is 4.73. The van der Waals surface area contributed by atoms with Crippen LogP contribution in [0.25, 0.3) is 10.8 Å². The predicted molar refractivity (Wildman–Crippen MR) is 102 cm³/mol. The van der Waals surface area contributed by atoms with E-state index in [1.54, 1.807) is 13.3 Å². The first-order valence-electron chi connectivity index (χ1n) is 8.77. The molecule has 0 saturated carbocycles. The Labute approximate surface area is 152 Å². The van der Waals surface area contributed by atoms with Gasteiger partial charge in [-0.3, -0.25) is 0 Å². The number of pyridine rings is 1. The van der Waals surface area contributed by atoms with Crippen molar-refractivity contribution in [2.75, 3.05) is 31.7 Å². The number of methoxy groups -OCH3 is 1. The van der Waals surface area contributed by atoms with Crippen molar-refractivity contribution < 1.29 is 14.6 Å². The van der Waals surface area contributed by atoms with Crippen LogP contribution in [-0.2, 0) is 11.3 Å². The number of fused-ring (bicyclic) bond motifs is 1. The molecule has 134 valence electrons. The normalized spacial score (nSPS) is 17.5. The lowest BCUT2D eigenvalue weighted by Crippen LogP contribution is -2.38. The fraction of sp³-hybridized carbons (Fsp3) is 0.286. The van der Waals surface area contributed by atoms with Gasteiger partial charge in [0, 0.05) is 19.3 Å². The van der Waals surface area contributed by atoms with Gasteiger partial charge in [-0.15, -0.1) is 0 Å². The Balaban J connectivity index is 1.58. The second-order valence-electron chi connectivity index (χ2n) is 6.46. The van der Waals surface area contributed by atoms with E-state index >= 15 is 0 Å². The van der Waals surface area contributed by atoms with Gasteiger partial charge in [-0.2, -0.15) is 0 Å². The molecule has 1 aromatic heterocycles. The highest BCUT2D eigenvalue weighted by molar-refractivity contribution is 5.84. The van der Waals surface area contributed by atoms with Crippen LogP contribution in [0.1, 0.15) is 17.2 Å². The zero-order valence-corrected chi connectivity index (χ0v) is 14.8. The number of anilines is 1. The molecule has 0 aliphatic carbocycles. The van der Waals surface area contributed by atoms with Crippen molar-refractivity contribution in [3.05, 3.63) is 65.9 Å². The minimum Gasteiger partial charge on any atom is -0.497 e. The van der Waals surface area contributed by atoms with Crippen molar-refractivity contribution in [1.82, 2.24) is 4.98 Å². The van der Waals surface area contributed by atoms with Crippen LogP contribution in [0.2, 0.25) is 0 Å². The molecule has 0 unspecified atom stereocenters. The van der Waals surface area contributed by atoms with E-state index < -0.39 is 0 Å². The molecule has 0 radical (unpaired) electrons. The highest BCUT2D eigenvalue weighted by Crippen LogP contribution is 2.29. The van der Waals surface area contributed by atoms with E-state index in [1.165, 1.54) is 5.39 Å². The van der Waals surface area contributed by atoms with Gasteiger partial charge < -0.3 is 19.5 Å². The van der Waals surface area contributed by atoms with Crippen LogP contribution in [0.5, 0.6) is 5.75 Å². The van der Waals surface area contributed by atoms with Crippen molar-refractivity contribution in [2.24, 2.45) is 0 Å². The Morgan fingerprint density at radius 2 is 2.00 bits per heavy atom. The van der Waals surface area contributed by atoms with Gasteiger partial charge in [0.05, 0.1) is 20.3 Å². The van der Waals surface area contributed by atoms with E-state index in [0.29, 0.717) is 6.61 Å². The number of hydrogen-bond acceptors (Lipinski definition) is 5. The first-order chi connectivity index (χ1) is 12.8. The van der Waals surface area contributed by atoms with Gasteiger partial charge in [-0.25, -0.2) is 4.98 Å². The molecule has 1 aliphatic heterocycles. The van der Waals surface area contributed by atoms with Crippen LogP contribution in [0.4, 0.5) is 5.82 Å². The zero-order chi connectivity index (χ0) is 17.9. The molecule has 1 saturated heterocycles. The molecule has 0 spiro atoms. The average molecular weight is 350 g/mol. The minimum atomic E-state index is -0.00478. The van der Waals surface area contributed by atoms with E-state index in [9.17, 15) is 5.11 Å². The number of rotatable bonds is 4. The van der Waals surface area contributed by atoms with E-state index in [1.807, 2.05) is 24.3 Å². The average Bonchev–Trinajstić information content (AvgIpc) is 2.73. The van der Waals surface area contributed by atoms with Crippen molar-refractivity contribution >= 4 is 16.6 Å². The highest BCUT2D eigenvalue weighted by Gasteiger charge is 2.23. The fourth-order valence-corrected chi connectivity index (χ4v) is 3.36. The summed E-state index contributed by atoms with van der Waals surface area (Å²) in [6, 6.07) is 16.3. The summed E-state index contributed by atoms with van der Waals surface area (Å²) >= 11 is 0. The monoisotopic (exact) mass is 350 g/mol. The summed E-state index contributed by atoms with van der Waals surface area (Å²) in [5, 5.41) is 11.7. The minimum absolute atomic E-state index is 0.00478. The third-order valence-corrected chi connectivity index (χ3v) is 4.83. The predicted octanol–water partition coefficient (Wildman–Crippen LogP) is 3.31. The van der Waals surface area contributed by atoms with E-state index in [0.717, 1.165) is 41.2 Å². The van der Waals surface area contributed by atoms with Gasteiger partial charge in [-0.05, 0) is 52.2 Å². The molecule has 0 amide bonds. The van der Waals surface area contributed by atoms with Gasteiger partial charge in [0.2, 0.25) is 0 Å². The molecule has 5 nitrogen and oxygen atoms in total. The van der Waals surface area contributed by atoms with Crippen molar-refractivity contribution in [1.29, 1.82) is 0 Å². The SMILES string of the molecule is COc1ccc2cc([C@H]3CN(c4cc(CO)ccn4)CCO3)ccc2c1. The van der Waals surface area contributed by atoms with E-state index in [-0.39, 0.29) is 12.7 Å². The molecule has 0 bridgehead atoms. The molecular formula is C21H22N2O3. The smallest absolute Gasteiger partial charge is 0.129 e. The van der Waals surface area contributed by atoms with Crippen molar-refractivity contribution in [3.63, 3.8) is 0 Å². The number of aliphatic hydroxyl groups is 1. The van der Waals surface area contributed by atoms with Crippen LogP contribution < -0.4 is 9.64 Å². The number of aliphatic hydroxyl groups excluding tert-OH is 1. The summed E-state index contributed by atoms with van der Waals surface area (Å²) in [5.41, 5.74) is 2.03. The van der Waals surface area contributed by atoms with E-state index in [4.69, 9.17) is 9.47 Å². The number of hydrogen-bond donors (Lipinski definition) is 1.